The van der Waals surface area contributed by atoms with E-state index in [9.17, 15) is 23.1 Å². The second kappa shape index (κ2) is 9.97. The summed E-state index contributed by atoms with van der Waals surface area (Å²) in [6.45, 7) is 1.61. The maximum absolute atomic E-state index is 13.3. The van der Waals surface area contributed by atoms with Crippen molar-refractivity contribution >= 4 is 16.8 Å². The van der Waals surface area contributed by atoms with Gasteiger partial charge in [0, 0.05) is 23.1 Å². The van der Waals surface area contributed by atoms with Crippen LogP contribution in [-0.2, 0) is 12.7 Å². The molecule has 0 spiro atoms. The van der Waals surface area contributed by atoms with Gasteiger partial charge >= 0.3 is 6.18 Å². The van der Waals surface area contributed by atoms with E-state index in [1.165, 1.54) is 32.4 Å². The van der Waals surface area contributed by atoms with E-state index in [0.29, 0.717) is 11.1 Å². The molecule has 0 aliphatic rings. The number of carbonyl (C=O) groups excluding carboxylic acids is 1. The van der Waals surface area contributed by atoms with Gasteiger partial charge in [-0.25, -0.2) is 9.97 Å². The fourth-order valence-corrected chi connectivity index (χ4v) is 3.82. The Morgan fingerprint density at radius 2 is 1.89 bits per heavy atom. The number of nitrogens with one attached hydrogen (secondary N) is 1. The van der Waals surface area contributed by atoms with E-state index in [0.717, 1.165) is 6.07 Å². The Hall–Kier alpha value is -4.32. The summed E-state index contributed by atoms with van der Waals surface area (Å²) in [4.78, 5) is 21.1. The molecule has 12 heteroatoms. The Bertz CT molecular complexity index is 1470. The molecule has 2 aromatic carbocycles. The molecule has 1 amide bonds. The van der Waals surface area contributed by atoms with Crippen molar-refractivity contribution in [3.63, 3.8) is 0 Å². The quantitative estimate of drug-likeness (QED) is 0.325. The molecular weight excluding hydrogens is 493 g/mol. The average Bonchev–Trinajstić information content (AvgIpc) is 3.31. The number of hydrogen-bond donors (Lipinski definition) is 3. The molecule has 4 aromatic rings. The minimum absolute atomic E-state index is 0.00655. The number of pyridine rings is 1. The van der Waals surface area contributed by atoms with Gasteiger partial charge in [0.05, 0.1) is 20.3 Å². The van der Waals surface area contributed by atoms with Crippen LogP contribution in [0, 0.1) is 0 Å². The van der Waals surface area contributed by atoms with Crippen molar-refractivity contribution in [2.45, 2.75) is 25.7 Å². The minimum atomic E-state index is -4.65. The molecule has 0 aliphatic heterocycles. The van der Waals surface area contributed by atoms with Crippen LogP contribution in [-0.4, -0.2) is 35.2 Å². The van der Waals surface area contributed by atoms with Crippen LogP contribution in [0.3, 0.4) is 0 Å². The molecule has 0 radical (unpaired) electrons. The second-order valence-corrected chi connectivity index (χ2v) is 8.08. The predicted molar refractivity (Wildman–Crippen MR) is 127 cm³/mol. The number of halogens is 3. The lowest BCUT2D eigenvalue weighted by molar-refractivity contribution is -0.140. The second-order valence-electron chi connectivity index (χ2n) is 8.08. The Balaban J connectivity index is 1.73. The maximum Gasteiger partial charge on any atom is 0.433 e. The highest BCUT2D eigenvalue weighted by atomic mass is 19.4. The average molecular weight is 516 g/mol. The Labute approximate surface area is 209 Å². The van der Waals surface area contributed by atoms with Gasteiger partial charge < -0.3 is 30.0 Å². The number of aromatic hydroxyl groups is 1. The third-order valence-corrected chi connectivity index (χ3v) is 5.56. The summed E-state index contributed by atoms with van der Waals surface area (Å²) in [6, 6.07) is 9.08. The summed E-state index contributed by atoms with van der Waals surface area (Å²) >= 11 is 0. The van der Waals surface area contributed by atoms with E-state index >= 15 is 0 Å². The van der Waals surface area contributed by atoms with Crippen molar-refractivity contribution < 1.29 is 37.0 Å². The molecule has 0 fully saturated rings. The molecule has 37 heavy (non-hydrogen) atoms. The lowest BCUT2D eigenvalue weighted by Gasteiger charge is -2.11. The molecule has 4 N–H and O–H groups in total. The highest BCUT2D eigenvalue weighted by molar-refractivity contribution is 5.98. The fraction of sp³-hybridized carbons (Fsp3) is 0.240. The van der Waals surface area contributed by atoms with Crippen molar-refractivity contribution in [3.8, 4) is 28.7 Å². The van der Waals surface area contributed by atoms with Gasteiger partial charge in [-0.2, -0.15) is 13.2 Å². The normalized spacial score (nSPS) is 12.4. The molecule has 0 saturated carbocycles. The van der Waals surface area contributed by atoms with Crippen LogP contribution in [0.1, 0.15) is 40.5 Å². The first-order valence-electron chi connectivity index (χ1n) is 11.0. The molecule has 0 aliphatic carbocycles. The Morgan fingerprint density at radius 3 is 2.54 bits per heavy atom. The summed E-state index contributed by atoms with van der Waals surface area (Å²) in [5.41, 5.74) is 5.62. The Kier molecular flexibility index (Phi) is 6.94. The summed E-state index contributed by atoms with van der Waals surface area (Å²) in [6.07, 6.45) is -4.65. The van der Waals surface area contributed by atoms with Crippen molar-refractivity contribution in [2.24, 2.45) is 5.73 Å². The summed E-state index contributed by atoms with van der Waals surface area (Å²) < 4.78 is 56.0. The van der Waals surface area contributed by atoms with E-state index in [-0.39, 0.29) is 52.0 Å². The number of benzene rings is 2. The topological polar surface area (TPSA) is 133 Å². The molecule has 194 valence electrons. The van der Waals surface area contributed by atoms with Gasteiger partial charge in [-0.15, -0.1) is 0 Å². The first kappa shape index (κ1) is 25.8. The van der Waals surface area contributed by atoms with Crippen LogP contribution >= 0.6 is 0 Å². The standard InChI is InChI=1S/C25H23F3N4O5/c1-12(29)21-20(23(34)30-11-13-5-4-6-16(33)22(13)36-3)32-24(37-21)15-7-9-17(35-2)19-14(15)8-10-18(31-19)25(26,27)28/h4-10,12,33H,11,29H2,1-3H3,(H,30,34)/t12-/m0/s1. The van der Waals surface area contributed by atoms with Crippen LogP contribution < -0.4 is 20.5 Å². The number of oxazole rings is 1. The van der Waals surface area contributed by atoms with E-state index in [1.54, 1.807) is 25.1 Å². The number of hydrogen-bond acceptors (Lipinski definition) is 8. The molecular formula is C25H23F3N4O5. The number of fused-ring (bicyclic) bond motifs is 1. The van der Waals surface area contributed by atoms with Crippen LogP contribution in [0.4, 0.5) is 13.2 Å². The van der Waals surface area contributed by atoms with Crippen LogP contribution in [0.2, 0.25) is 0 Å². The highest BCUT2D eigenvalue weighted by Crippen LogP contribution is 2.37. The smallest absolute Gasteiger partial charge is 0.433 e. The number of phenols is 1. The first-order chi connectivity index (χ1) is 17.5. The summed E-state index contributed by atoms with van der Waals surface area (Å²) in [7, 11) is 2.71. The van der Waals surface area contributed by atoms with Gasteiger partial charge in [-0.1, -0.05) is 12.1 Å². The first-order valence-corrected chi connectivity index (χ1v) is 11.0. The summed E-state index contributed by atoms with van der Waals surface area (Å²) in [5, 5.41) is 12.9. The number of methoxy groups -OCH3 is 2. The number of ether oxygens (including phenoxy) is 2. The largest absolute Gasteiger partial charge is 0.504 e. The fourth-order valence-electron chi connectivity index (χ4n) is 3.82. The zero-order valence-electron chi connectivity index (χ0n) is 20.0. The maximum atomic E-state index is 13.3. The number of carbonyl (C=O) groups is 1. The van der Waals surface area contributed by atoms with Crippen molar-refractivity contribution in [2.75, 3.05) is 14.2 Å². The lowest BCUT2D eigenvalue weighted by Crippen LogP contribution is -2.25. The van der Waals surface area contributed by atoms with E-state index in [2.05, 4.69) is 15.3 Å². The number of phenolic OH excluding ortho intramolecular Hbond substituents is 1. The van der Waals surface area contributed by atoms with Gasteiger partial charge in [0.25, 0.3) is 5.91 Å². The highest BCUT2D eigenvalue weighted by Gasteiger charge is 2.33. The summed E-state index contributed by atoms with van der Waals surface area (Å²) in [5.74, 6) is -0.292. The molecule has 1 atom stereocenters. The van der Waals surface area contributed by atoms with E-state index in [4.69, 9.17) is 19.6 Å². The predicted octanol–water partition coefficient (Wildman–Crippen LogP) is 4.58. The number of rotatable bonds is 7. The van der Waals surface area contributed by atoms with Crippen LogP contribution in [0.25, 0.3) is 22.4 Å². The van der Waals surface area contributed by atoms with Gasteiger partial charge in [-0.3, -0.25) is 4.79 Å². The third kappa shape index (κ3) is 5.00. The lowest BCUT2D eigenvalue weighted by atomic mass is 10.1. The van der Waals surface area contributed by atoms with Crippen LogP contribution in [0.5, 0.6) is 17.2 Å². The van der Waals surface area contributed by atoms with E-state index in [1.807, 2.05) is 0 Å². The van der Waals surface area contributed by atoms with Crippen LogP contribution in [0.15, 0.2) is 46.9 Å². The van der Waals surface area contributed by atoms with Crippen molar-refractivity contribution in [1.82, 2.24) is 15.3 Å². The van der Waals surface area contributed by atoms with Gasteiger partial charge in [0.1, 0.15) is 17.0 Å². The van der Waals surface area contributed by atoms with Gasteiger partial charge in [0.2, 0.25) is 5.89 Å². The van der Waals surface area contributed by atoms with Gasteiger partial charge in [-0.05, 0) is 37.3 Å². The SMILES string of the molecule is COc1c(O)cccc1CNC(=O)c1nc(-c2ccc(OC)c3nc(C(F)(F)F)ccc23)oc1[C@H](C)N. The number of aromatic nitrogens is 2. The zero-order chi connectivity index (χ0) is 26.9. The molecule has 9 nitrogen and oxygen atoms in total. The van der Waals surface area contributed by atoms with Gasteiger partial charge in [0.15, 0.2) is 23.0 Å². The number of para-hydroxylation sites is 1. The van der Waals surface area contributed by atoms with Crippen molar-refractivity contribution in [3.05, 3.63) is 65.2 Å². The number of nitrogens with zero attached hydrogens (tertiary/aromatic N) is 2. The molecule has 0 unspecified atom stereocenters. The molecule has 0 saturated heterocycles. The minimum Gasteiger partial charge on any atom is -0.504 e. The zero-order valence-corrected chi connectivity index (χ0v) is 20.0. The number of alkyl halides is 3. The molecule has 2 heterocycles. The molecule has 0 bridgehead atoms. The number of nitrogens with two attached hydrogens (primary N) is 1. The third-order valence-electron chi connectivity index (χ3n) is 5.56. The monoisotopic (exact) mass is 516 g/mol. The molecule has 2 aromatic heterocycles. The van der Waals surface area contributed by atoms with E-state index < -0.39 is 23.8 Å². The molecule has 4 rings (SSSR count). The number of amides is 1. The van der Waals surface area contributed by atoms with Crippen molar-refractivity contribution in [1.29, 1.82) is 0 Å². The Morgan fingerprint density at radius 1 is 1.14 bits per heavy atom.